The maximum atomic E-state index is 14.7. The fourth-order valence-electron chi connectivity index (χ4n) is 10.1. The Balaban J connectivity index is 1.09. The smallest absolute Gasteiger partial charge is 0.415 e. The molecule has 13 nitrogen and oxygen atoms in total. The second kappa shape index (κ2) is 21.5. The number of hydrogen-bond acceptors (Lipinski definition) is 10. The molecule has 382 valence electrons. The summed E-state index contributed by atoms with van der Waals surface area (Å²) < 4.78 is 45.0. The third-order valence-corrected chi connectivity index (χ3v) is 14.2. The summed E-state index contributed by atoms with van der Waals surface area (Å²) in [7, 11) is -2.15. The summed E-state index contributed by atoms with van der Waals surface area (Å²) in [6, 6.07) is 35.5. The molecule has 1 heterocycles. The van der Waals surface area contributed by atoms with Crippen LogP contribution in [0.15, 0.2) is 120 Å². The molecule has 0 bridgehead atoms. The van der Waals surface area contributed by atoms with Crippen LogP contribution < -0.4 is 19.7 Å². The second-order valence-corrected chi connectivity index (χ2v) is 23.0. The van der Waals surface area contributed by atoms with Gasteiger partial charge in [0.25, 0.3) is 5.91 Å². The van der Waals surface area contributed by atoms with Gasteiger partial charge < -0.3 is 19.2 Å². The van der Waals surface area contributed by atoms with Crippen LogP contribution in [0.1, 0.15) is 111 Å². The zero-order chi connectivity index (χ0) is 53.1. The van der Waals surface area contributed by atoms with Crippen LogP contribution in [0.2, 0.25) is 5.02 Å². The molecule has 74 heavy (non-hydrogen) atoms. The van der Waals surface area contributed by atoms with Gasteiger partial charge in [0, 0.05) is 23.7 Å². The molecule has 1 saturated carbocycles. The Kier molecular flexibility index (Phi) is 15.4. The van der Waals surface area contributed by atoms with Crippen LogP contribution in [0.4, 0.5) is 21.9 Å². The molecule has 1 aromatic heterocycles. The number of Topliss-reactive ketones (excluding diaryl/α,β-unsaturated/α-hetero) is 1. The topological polar surface area (TPSA) is 181 Å². The molecule has 1 unspecified atom stereocenters. The number of ketones is 1. The van der Waals surface area contributed by atoms with E-state index in [1.54, 1.807) is 54.6 Å². The molecule has 1 aliphatic rings. The van der Waals surface area contributed by atoms with Gasteiger partial charge in [-0.15, -0.1) is 0 Å². The van der Waals surface area contributed by atoms with E-state index in [1.807, 2.05) is 55.5 Å². The van der Waals surface area contributed by atoms with Gasteiger partial charge in [-0.25, -0.2) is 18.2 Å². The number of nitrogens with zero attached hydrogens (tertiary/aromatic N) is 3. The molecule has 0 aliphatic heterocycles. The summed E-state index contributed by atoms with van der Waals surface area (Å²) in [4.78, 5) is 50.0. The number of hydrogen-bond donors (Lipinski definition) is 2. The summed E-state index contributed by atoms with van der Waals surface area (Å²) in [5, 5.41) is 15.0. The number of methoxy groups -OCH3 is 1. The predicted octanol–water partition coefficient (Wildman–Crippen LogP) is 13.5. The van der Waals surface area contributed by atoms with Crippen LogP contribution >= 0.6 is 11.6 Å². The summed E-state index contributed by atoms with van der Waals surface area (Å²) >= 11 is 6.72. The molecule has 1 aliphatic carbocycles. The number of aromatic nitrogens is 1. The lowest BCUT2D eigenvalue weighted by Crippen LogP contribution is -2.46. The number of fused-ring (bicyclic) bond motifs is 2. The Morgan fingerprint density at radius 2 is 1.65 bits per heavy atom. The van der Waals surface area contributed by atoms with Crippen molar-refractivity contribution in [2.24, 2.45) is 5.41 Å². The number of anilines is 3. The van der Waals surface area contributed by atoms with Crippen LogP contribution in [-0.4, -0.2) is 56.7 Å². The average molecular weight is 1030 g/mol. The molecule has 8 rings (SSSR count). The van der Waals surface area contributed by atoms with Crippen LogP contribution in [0, 0.1) is 23.7 Å². The van der Waals surface area contributed by atoms with Gasteiger partial charge in [-0.05, 0) is 148 Å². The predicted molar refractivity (Wildman–Crippen MR) is 293 cm³/mol. The van der Waals surface area contributed by atoms with E-state index in [0.29, 0.717) is 57.8 Å². The zero-order valence-corrected chi connectivity index (χ0v) is 44.4. The first-order valence-electron chi connectivity index (χ1n) is 24.5. The van der Waals surface area contributed by atoms with Gasteiger partial charge in [-0.3, -0.25) is 19.2 Å². The third kappa shape index (κ3) is 12.3. The molecule has 0 radical (unpaired) electrons. The molecule has 1 fully saturated rings. The van der Waals surface area contributed by atoms with E-state index in [2.05, 4.69) is 56.8 Å². The lowest BCUT2D eigenvalue weighted by atomic mass is 9.72. The minimum Gasteiger partial charge on any atom is -0.497 e. The van der Waals surface area contributed by atoms with Gasteiger partial charge in [-0.2, -0.15) is 5.26 Å². The Hall–Kier alpha value is -7.47. The number of ether oxygens (including phenoxy) is 2. The minimum absolute atomic E-state index is 0.0944. The quantitative estimate of drug-likeness (QED) is 0.0537. The van der Waals surface area contributed by atoms with Gasteiger partial charge >= 0.3 is 6.09 Å². The third-order valence-electron chi connectivity index (χ3n) is 13.3. The van der Waals surface area contributed by atoms with Crippen molar-refractivity contribution in [1.82, 2.24) is 4.98 Å². The Morgan fingerprint density at radius 3 is 2.32 bits per heavy atom. The van der Waals surface area contributed by atoms with E-state index in [9.17, 15) is 28.1 Å². The maximum absolute atomic E-state index is 14.7. The first kappa shape index (κ1) is 52.8. The largest absolute Gasteiger partial charge is 0.497 e. The highest BCUT2D eigenvalue weighted by molar-refractivity contribution is 7.92. The highest BCUT2D eigenvalue weighted by atomic mass is 35.5. The molecule has 1 atom stereocenters. The molecule has 2 amide bonds. The van der Waals surface area contributed by atoms with Gasteiger partial charge in [0.15, 0.2) is 5.58 Å². The first-order chi connectivity index (χ1) is 35.1. The van der Waals surface area contributed by atoms with Crippen molar-refractivity contribution in [3.05, 3.63) is 160 Å². The van der Waals surface area contributed by atoms with Crippen LogP contribution in [-0.2, 0) is 31.4 Å². The molecule has 7 aromatic rings. The van der Waals surface area contributed by atoms with Gasteiger partial charge in [-0.1, -0.05) is 108 Å². The molecule has 6 aromatic carbocycles. The zero-order valence-electron chi connectivity index (χ0n) is 42.8. The van der Waals surface area contributed by atoms with Crippen molar-refractivity contribution in [1.29, 1.82) is 5.26 Å². The normalized spacial score (nSPS) is 13.9. The van der Waals surface area contributed by atoms with Crippen LogP contribution in [0.3, 0.4) is 0 Å². The van der Waals surface area contributed by atoms with Gasteiger partial charge in [0.2, 0.25) is 27.8 Å². The molecule has 0 spiro atoms. The number of nitrogens with one attached hydrogen (secondary N) is 2. The number of amides is 2. The molecule has 0 saturated heterocycles. The molecular formula is C59H60ClN5O8S. The summed E-state index contributed by atoms with van der Waals surface area (Å²) in [6.45, 7) is 13.0. The number of sulfonamides is 1. The Labute approximate surface area is 437 Å². The van der Waals surface area contributed by atoms with E-state index in [1.165, 1.54) is 24.1 Å². The summed E-state index contributed by atoms with van der Waals surface area (Å²) in [6.07, 6.45) is 4.13. The second-order valence-electron chi connectivity index (χ2n) is 20.9. The number of benzene rings is 6. The number of carbonyl (C=O) groups is 3. The average Bonchev–Trinajstić information content (AvgIpc) is 4.04. The number of aryl methyl sites for hydroxylation is 1. The number of rotatable bonds is 16. The van der Waals surface area contributed by atoms with E-state index in [0.717, 1.165) is 47.4 Å². The van der Waals surface area contributed by atoms with Crippen molar-refractivity contribution in [2.75, 3.05) is 28.3 Å². The summed E-state index contributed by atoms with van der Waals surface area (Å²) in [5.41, 5.74) is 6.46. The van der Waals surface area contributed by atoms with Crippen LogP contribution in [0.5, 0.6) is 5.75 Å². The van der Waals surface area contributed by atoms with Crippen molar-refractivity contribution < 1.29 is 36.7 Å². The fourth-order valence-corrected chi connectivity index (χ4v) is 10.8. The van der Waals surface area contributed by atoms with E-state index in [4.69, 9.17) is 30.5 Å². The number of allylic oxidation sites excluding steroid dienone is 1. The fraction of sp³-hybridized carbons (Fsp3) is 0.305. The van der Waals surface area contributed by atoms with E-state index in [-0.39, 0.29) is 51.0 Å². The Morgan fingerprint density at radius 1 is 0.919 bits per heavy atom. The summed E-state index contributed by atoms with van der Waals surface area (Å²) in [5.74, 6) is -1.06. The van der Waals surface area contributed by atoms with Gasteiger partial charge in [0.05, 0.1) is 29.8 Å². The highest BCUT2D eigenvalue weighted by Gasteiger charge is 2.37. The number of carbonyl (C=O) groups excluding carboxylic acids is 3. The van der Waals surface area contributed by atoms with Crippen molar-refractivity contribution in [3.8, 4) is 11.8 Å². The maximum Gasteiger partial charge on any atom is 0.415 e. The Bertz CT molecular complexity index is 3470. The lowest BCUT2D eigenvalue weighted by molar-refractivity contribution is -0.122. The van der Waals surface area contributed by atoms with E-state index < -0.39 is 33.9 Å². The molecular weight excluding hydrogens is 974 g/mol. The van der Waals surface area contributed by atoms with Gasteiger partial charge in [0.1, 0.15) is 22.9 Å². The SMILES string of the molecule is COc1ccc(C(=O)C(OC(=O)N(c2ccc(/C=C(\C#N)c3nc4cc(C(C)(C)CC(C)(C)C)ccc4o3)c(C)c2)C2CCCC2)C(=O)Nc2cc(Cc3c(NS(C)(=O)=O)ccc4ccccc34)ccc2Cl)cc1. The van der Waals surface area contributed by atoms with Crippen molar-refractivity contribution in [3.63, 3.8) is 0 Å². The molecule has 2 N–H and O–H groups in total. The number of oxazole rings is 1. The minimum atomic E-state index is -3.64. The van der Waals surface area contributed by atoms with Crippen molar-refractivity contribution in [2.45, 2.75) is 97.6 Å². The number of nitriles is 1. The monoisotopic (exact) mass is 1030 g/mol. The first-order valence-corrected chi connectivity index (χ1v) is 26.8. The lowest BCUT2D eigenvalue weighted by Gasteiger charge is -2.32. The highest BCUT2D eigenvalue weighted by Crippen LogP contribution is 2.39. The van der Waals surface area contributed by atoms with Crippen LogP contribution in [0.25, 0.3) is 33.5 Å². The van der Waals surface area contributed by atoms with Crippen molar-refractivity contribution >= 4 is 90.0 Å². The molecule has 15 heteroatoms. The van der Waals surface area contributed by atoms with E-state index >= 15 is 0 Å². The standard InChI is InChI=1S/C59H60ClN5O8S/c1-36-29-44(23-18-40(36)32-41(34-61)56-63-51-33-42(22-28-52(51)72-56)59(5,6)35-58(2,3)4)65(43-14-10-11-15-43)57(68)73-54(53(66)39-19-24-45(71-7)25-20-39)55(67)62-50-31-37(17-26-48(50)60)30-47-46-16-12-9-13-38(46)21-27-49(47)64-74(8,69)70/h9,12-13,16-29,31-33,43,54,64H,10-11,14-15,30,35H2,1-8H3,(H,62,67)/b41-32+. The number of halogens is 1.